The van der Waals surface area contributed by atoms with Crippen LogP contribution in [0, 0.1) is 0 Å². The molecule has 138 valence electrons. The highest BCUT2D eigenvalue weighted by Gasteiger charge is 2.30. The van der Waals surface area contributed by atoms with Gasteiger partial charge in [-0.1, -0.05) is 36.0 Å². The van der Waals surface area contributed by atoms with Gasteiger partial charge < -0.3 is 4.42 Å². The average molecular weight is 390 g/mol. The lowest BCUT2D eigenvalue weighted by atomic mass is 10.1. The maximum absolute atomic E-state index is 12.7. The first-order valence-corrected chi connectivity index (χ1v) is 8.57. The van der Waals surface area contributed by atoms with Crippen LogP contribution in [0.25, 0.3) is 0 Å². The third kappa shape index (κ3) is 5.24. The molecule has 0 aliphatic heterocycles. The number of nitrogens with one attached hydrogen (secondary N) is 1. The number of amides is 1. The fraction of sp³-hybridized carbons (Fsp3) is 0.0526. The van der Waals surface area contributed by atoms with E-state index in [1.54, 1.807) is 12.1 Å². The Bertz CT molecular complexity index is 953. The van der Waals surface area contributed by atoms with E-state index >= 15 is 0 Å². The lowest BCUT2D eigenvalue weighted by Crippen LogP contribution is -2.18. The van der Waals surface area contributed by atoms with E-state index in [0.29, 0.717) is 10.9 Å². The highest BCUT2D eigenvalue weighted by molar-refractivity contribution is 7.99. The average Bonchev–Trinajstić information content (AvgIpc) is 3.09. The third-order valence-electron chi connectivity index (χ3n) is 3.37. The molecule has 8 heteroatoms. The zero-order chi connectivity index (χ0) is 19.3. The molecule has 3 aromatic rings. The summed E-state index contributed by atoms with van der Waals surface area (Å²) in [4.78, 5) is 12.9. The number of alkyl halides is 3. The van der Waals surface area contributed by atoms with Gasteiger partial charge in [-0.2, -0.15) is 18.3 Å². The first-order valence-electron chi connectivity index (χ1n) is 7.75. The number of carbonyl (C=O) groups is 1. The summed E-state index contributed by atoms with van der Waals surface area (Å²) in [5.74, 6) is -0.347. The number of furan rings is 1. The summed E-state index contributed by atoms with van der Waals surface area (Å²) in [6, 6.07) is 17.2. The van der Waals surface area contributed by atoms with Crippen LogP contribution in [0.2, 0.25) is 0 Å². The molecule has 2 aromatic carbocycles. The second-order valence-corrected chi connectivity index (χ2v) is 6.43. The molecule has 1 heterocycles. The molecule has 0 radical (unpaired) electrons. The summed E-state index contributed by atoms with van der Waals surface area (Å²) in [7, 11) is 0. The number of hydrogen-bond acceptors (Lipinski definition) is 4. The van der Waals surface area contributed by atoms with Gasteiger partial charge in [0.15, 0.2) is 5.09 Å². The van der Waals surface area contributed by atoms with E-state index in [0.717, 1.165) is 17.0 Å². The lowest BCUT2D eigenvalue weighted by molar-refractivity contribution is -0.137. The Morgan fingerprint density at radius 3 is 2.56 bits per heavy atom. The first-order chi connectivity index (χ1) is 12.9. The summed E-state index contributed by atoms with van der Waals surface area (Å²) in [5.41, 5.74) is 1.15. The molecule has 0 atom stereocenters. The van der Waals surface area contributed by atoms with Crippen molar-refractivity contribution in [1.82, 2.24) is 5.43 Å². The van der Waals surface area contributed by atoms with Crippen molar-refractivity contribution in [2.45, 2.75) is 16.2 Å². The molecule has 0 aliphatic carbocycles. The van der Waals surface area contributed by atoms with Gasteiger partial charge in [0.2, 0.25) is 0 Å². The van der Waals surface area contributed by atoms with Crippen LogP contribution in [0.4, 0.5) is 13.2 Å². The first kappa shape index (κ1) is 18.8. The minimum atomic E-state index is -4.51. The molecule has 0 aliphatic rings. The van der Waals surface area contributed by atoms with Crippen LogP contribution in [0.3, 0.4) is 0 Å². The van der Waals surface area contributed by atoms with Crippen LogP contribution < -0.4 is 5.43 Å². The van der Waals surface area contributed by atoms with Crippen LogP contribution in [-0.2, 0) is 6.18 Å². The standard InChI is InChI=1S/C19H13F3N2O2S/c20-19(21,22)14-6-4-5-13(11-14)18(25)24-23-12-15-9-10-17(26-15)27-16-7-2-1-3-8-16/h1-12H,(H,24,25)/b23-12-. The predicted octanol–water partition coefficient (Wildman–Crippen LogP) is 5.21. The minimum absolute atomic E-state index is 0.137. The molecule has 0 unspecified atom stereocenters. The topological polar surface area (TPSA) is 54.6 Å². The van der Waals surface area contributed by atoms with E-state index in [-0.39, 0.29) is 5.56 Å². The fourth-order valence-electron chi connectivity index (χ4n) is 2.12. The van der Waals surface area contributed by atoms with Crippen LogP contribution in [0.15, 0.2) is 86.2 Å². The monoisotopic (exact) mass is 390 g/mol. The van der Waals surface area contributed by atoms with Gasteiger partial charge in [-0.25, -0.2) is 5.43 Å². The van der Waals surface area contributed by atoms with Crippen LogP contribution in [0.5, 0.6) is 0 Å². The van der Waals surface area contributed by atoms with E-state index in [2.05, 4.69) is 10.5 Å². The second kappa shape index (κ2) is 8.13. The summed E-state index contributed by atoms with van der Waals surface area (Å²) in [5, 5.41) is 4.37. The number of carbonyl (C=O) groups excluding carboxylic acids is 1. The van der Waals surface area contributed by atoms with Gasteiger partial charge in [0.25, 0.3) is 5.91 Å². The van der Waals surface area contributed by atoms with Gasteiger partial charge in [-0.15, -0.1) is 0 Å². The molecule has 0 fully saturated rings. The SMILES string of the molecule is O=C(N/N=C\c1ccc(Sc2ccccc2)o1)c1cccc(C(F)(F)F)c1. The maximum atomic E-state index is 12.7. The van der Waals surface area contributed by atoms with Crippen molar-refractivity contribution in [1.29, 1.82) is 0 Å². The van der Waals surface area contributed by atoms with Crippen LogP contribution in [0.1, 0.15) is 21.7 Å². The maximum Gasteiger partial charge on any atom is 0.416 e. The van der Waals surface area contributed by atoms with Crippen molar-refractivity contribution in [2.24, 2.45) is 5.10 Å². The van der Waals surface area contributed by atoms with E-state index in [1.165, 1.54) is 30.1 Å². The van der Waals surface area contributed by atoms with E-state index in [4.69, 9.17) is 4.42 Å². The molecule has 3 rings (SSSR count). The Labute approximate surface area is 157 Å². The summed E-state index contributed by atoms with van der Waals surface area (Å²) in [6.07, 6.45) is -3.24. The van der Waals surface area contributed by atoms with Crippen molar-refractivity contribution in [3.05, 3.63) is 83.6 Å². The molecule has 0 bridgehead atoms. The summed E-state index contributed by atoms with van der Waals surface area (Å²) < 4.78 is 43.6. The Balaban J connectivity index is 1.60. The summed E-state index contributed by atoms with van der Waals surface area (Å²) >= 11 is 1.43. The zero-order valence-corrected chi connectivity index (χ0v) is 14.6. The molecular weight excluding hydrogens is 377 g/mol. The van der Waals surface area contributed by atoms with Gasteiger partial charge in [-0.05, 0) is 42.5 Å². The van der Waals surface area contributed by atoms with Crippen molar-refractivity contribution < 1.29 is 22.4 Å². The Morgan fingerprint density at radius 1 is 1.04 bits per heavy atom. The van der Waals surface area contributed by atoms with Crippen molar-refractivity contribution >= 4 is 23.9 Å². The molecule has 4 nitrogen and oxygen atoms in total. The number of hydrogen-bond donors (Lipinski definition) is 1. The number of benzene rings is 2. The third-order valence-corrected chi connectivity index (χ3v) is 4.30. The quantitative estimate of drug-likeness (QED) is 0.480. The number of nitrogens with zero attached hydrogens (tertiary/aromatic N) is 1. The molecule has 1 amide bonds. The van der Waals surface area contributed by atoms with Crippen molar-refractivity contribution in [2.75, 3.05) is 0 Å². The Hall–Kier alpha value is -3.00. The van der Waals surface area contributed by atoms with E-state index in [9.17, 15) is 18.0 Å². The molecule has 27 heavy (non-hydrogen) atoms. The highest BCUT2D eigenvalue weighted by Crippen LogP contribution is 2.30. The van der Waals surface area contributed by atoms with E-state index < -0.39 is 17.6 Å². The molecule has 0 saturated heterocycles. The van der Waals surface area contributed by atoms with E-state index in [1.807, 2.05) is 30.3 Å². The minimum Gasteiger partial charge on any atom is -0.448 e. The van der Waals surface area contributed by atoms with Gasteiger partial charge in [0.05, 0.1) is 11.8 Å². The fourth-order valence-corrected chi connectivity index (χ4v) is 2.92. The largest absolute Gasteiger partial charge is 0.448 e. The lowest BCUT2D eigenvalue weighted by Gasteiger charge is -2.07. The van der Waals surface area contributed by atoms with Crippen molar-refractivity contribution in [3.8, 4) is 0 Å². The van der Waals surface area contributed by atoms with Gasteiger partial charge >= 0.3 is 6.18 Å². The zero-order valence-electron chi connectivity index (χ0n) is 13.7. The normalized spacial score (nSPS) is 11.7. The van der Waals surface area contributed by atoms with Crippen LogP contribution >= 0.6 is 11.8 Å². The summed E-state index contributed by atoms with van der Waals surface area (Å²) in [6.45, 7) is 0. The Morgan fingerprint density at radius 2 is 1.81 bits per heavy atom. The highest BCUT2D eigenvalue weighted by atomic mass is 32.2. The number of halogens is 3. The molecule has 0 spiro atoms. The number of rotatable bonds is 5. The molecular formula is C19H13F3N2O2S. The van der Waals surface area contributed by atoms with Gasteiger partial charge in [0, 0.05) is 10.5 Å². The Kier molecular flexibility index (Phi) is 5.66. The second-order valence-electron chi connectivity index (χ2n) is 5.35. The smallest absolute Gasteiger partial charge is 0.416 e. The van der Waals surface area contributed by atoms with Crippen LogP contribution in [-0.4, -0.2) is 12.1 Å². The molecule has 0 saturated carbocycles. The number of hydrazone groups is 1. The molecule has 1 aromatic heterocycles. The van der Waals surface area contributed by atoms with Gasteiger partial charge in [-0.3, -0.25) is 4.79 Å². The van der Waals surface area contributed by atoms with Crippen molar-refractivity contribution in [3.63, 3.8) is 0 Å². The molecule has 1 N–H and O–H groups in total. The van der Waals surface area contributed by atoms with Gasteiger partial charge in [0.1, 0.15) is 5.76 Å². The predicted molar refractivity (Wildman–Crippen MR) is 95.8 cm³/mol.